The van der Waals surface area contributed by atoms with E-state index in [0.29, 0.717) is 13.0 Å². The lowest BCUT2D eigenvalue weighted by Gasteiger charge is -2.26. The number of amides is 2. The number of benzene rings is 1. The van der Waals surface area contributed by atoms with Crippen LogP contribution in [0.5, 0.6) is 0 Å². The molecule has 0 atom stereocenters. The minimum Gasteiger partial charge on any atom is -0.313 e. The van der Waals surface area contributed by atoms with Crippen LogP contribution in [0.25, 0.3) is 0 Å². The average Bonchev–Trinajstić information content (AvgIpc) is 2.97. The molecule has 1 aliphatic heterocycles. The molecule has 20 heavy (non-hydrogen) atoms. The van der Waals surface area contributed by atoms with Gasteiger partial charge >= 0.3 is 0 Å². The van der Waals surface area contributed by atoms with Gasteiger partial charge in [-0.3, -0.25) is 9.59 Å². The highest BCUT2D eigenvalue weighted by Gasteiger charge is 2.31. The number of hydrogen-bond acceptors (Lipinski definition) is 2. The summed E-state index contributed by atoms with van der Waals surface area (Å²) in [5.41, 5.74) is 1.66. The first-order valence-electron chi connectivity index (χ1n) is 7.00. The molecule has 0 fully saturated rings. The van der Waals surface area contributed by atoms with E-state index in [0.717, 1.165) is 24.2 Å². The standard InChI is InChI=1S/C16H18N2O2/c1-17-13-8-4-5-9-14(13)18(11-10-15(17)19)16(20)12-6-2-3-7-12/h2-5,8-9,12H,6-7,10-11H2,1H3. The lowest BCUT2D eigenvalue weighted by atomic mass is 10.0. The van der Waals surface area contributed by atoms with E-state index in [4.69, 9.17) is 0 Å². The Kier molecular flexibility index (Phi) is 3.30. The Labute approximate surface area is 118 Å². The second kappa shape index (κ2) is 5.12. The molecule has 2 amide bonds. The third-order valence-electron chi connectivity index (χ3n) is 4.08. The summed E-state index contributed by atoms with van der Waals surface area (Å²) in [4.78, 5) is 28.2. The topological polar surface area (TPSA) is 40.6 Å². The van der Waals surface area contributed by atoms with Gasteiger partial charge in [-0.25, -0.2) is 0 Å². The smallest absolute Gasteiger partial charge is 0.230 e. The number of allylic oxidation sites excluding steroid dienone is 2. The second-order valence-corrected chi connectivity index (χ2v) is 5.32. The minimum absolute atomic E-state index is 0.0292. The van der Waals surface area contributed by atoms with Crippen molar-refractivity contribution < 1.29 is 9.59 Å². The lowest BCUT2D eigenvalue weighted by Crippen LogP contribution is -2.36. The molecule has 1 aromatic rings. The van der Waals surface area contributed by atoms with Crippen molar-refractivity contribution in [3.63, 3.8) is 0 Å². The number of para-hydroxylation sites is 2. The Balaban J connectivity index is 1.97. The van der Waals surface area contributed by atoms with Gasteiger partial charge in [0, 0.05) is 25.9 Å². The molecule has 4 heteroatoms. The third kappa shape index (κ3) is 2.11. The molecule has 0 radical (unpaired) electrons. The molecule has 1 heterocycles. The van der Waals surface area contributed by atoms with Crippen LogP contribution in [0.2, 0.25) is 0 Å². The van der Waals surface area contributed by atoms with Gasteiger partial charge in [0.2, 0.25) is 11.8 Å². The van der Waals surface area contributed by atoms with Crippen LogP contribution in [-0.4, -0.2) is 25.4 Å². The van der Waals surface area contributed by atoms with Crippen LogP contribution in [0.3, 0.4) is 0 Å². The quantitative estimate of drug-likeness (QED) is 0.735. The summed E-state index contributed by atoms with van der Waals surface area (Å²) in [5, 5.41) is 0. The van der Waals surface area contributed by atoms with E-state index in [-0.39, 0.29) is 17.7 Å². The van der Waals surface area contributed by atoms with E-state index in [9.17, 15) is 9.59 Å². The van der Waals surface area contributed by atoms with Crippen molar-refractivity contribution in [2.75, 3.05) is 23.4 Å². The van der Waals surface area contributed by atoms with E-state index in [1.165, 1.54) is 0 Å². The van der Waals surface area contributed by atoms with Crippen molar-refractivity contribution in [1.29, 1.82) is 0 Å². The third-order valence-corrected chi connectivity index (χ3v) is 4.08. The monoisotopic (exact) mass is 270 g/mol. The Morgan fingerprint density at radius 2 is 1.80 bits per heavy atom. The van der Waals surface area contributed by atoms with Gasteiger partial charge in [-0.15, -0.1) is 0 Å². The fraction of sp³-hybridized carbons (Fsp3) is 0.375. The van der Waals surface area contributed by atoms with Gasteiger partial charge in [-0.2, -0.15) is 0 Å². The SMILES string of the molecule is CN1C(=O)CCN(C(=O)C2CC=CC2)c2ccccc21. The average molecular weight is 270 g/mol. The van der Waals surface area contributed by atoms with E-state index in [1.54, 1.807) is 16.8 Å². The number of carbonyl (C=O) groups is 2. The Morgan fingerprint density at radius 1 is 1.15 bits per heavy atom. The summed E-state index contributed by atoms with van der Waals surface area (Å²) in [6.07, 6.45) is 6.10. The zero-order valence-electron chi connectivity index (χ0n) is 11.6. The molecule has 104 valence electrons. The van der Waals surface area contributed by atoms with Crippen molar-refractivity contribution in [2.24, 2.45) is 5.92 Å². The fourth-order valence-corrected chi connectivity index (χ4v) is 2.87. The Morgan fingerprint density at radius 3 is 2.50 bits per heavy atom. The van der Waals surface area contributed by atoms with Gasteiger partial charge < -0.3 is 9.80 Å². The maximum Gasteiger partial charge on any atom is 0.230 e. The predicted molar refractivity (Wildman–Crippen MR) is 78.7 cm³/mol. The van der Waals surface area contributed by atoms with Crippen molar-refractivity contribution >= 4 is 23.2 Å². The zero-order chi connectivity index (χ0) is 14.1. The number of hydrogen-bond donors (Lipinski definition) is 0. The molecule has 1 aliphatic carbocycles. The van der Waals surface area contributed by atoms with Crippen LogP contribution < -0.4 is 9.80 Å². The van der Waals surface area contributed by atoms with Crippen molar-refractivity contribution in [1.82, 2.24) is 0 Å². The Hall–Kier alpha value is -2.10. The molecule has 4 nitrogen and oxygen atoms in total. The normalized spacial score (nSPS) is 19.1. The molecule has 0 saturated carbocycles. The molecular formula is C16H18N2O2. The van der Waals surface area contributed by atoms with Crippen LogP contribution in [-0.2, 0) is 9.59 Å². The first kappa shape index (κ1) is 12.9. The Bertz CT molecular complexity index is 572. The summed E-state index contributed by atoms with van der Waals surface area (Å²) in [5.74, 6) is 0.212. The molecule has 0 spiro atoms. The van der Waals surface area contributed by atoms with Gasteiger partial charge in [-0.1, -0.05) is 24.3 Å². The molecular weight excluding hydrogens is 252 g/mol. The van der Waals surface area contributed by atoms with Crippen LogP contribution in [0.4, 0.5) is 11.4 Å². The zero-order valence-corrected chi connectivity index (χ0v) is 11.6. The summed E-state index contributed by atoms with van der Waals surface area (Å²) in [7, 11) is 1.77. The maximum absolute atomic E-state index is 12.7. The maximum atomic E-state index is 12.7. The van der Waals surface area contributed by atoms with Crippen LogP contribution >= 0.6 is 0 Å². The van der Waals surface area contributed by atoms with E-state index in [2.05, 4.69) is 12.2 Å². The summed E-state index contributed by atoms with van der Waals surface area (Å²) < 4.78 is 0. The largest absolute Gasteiger partial charge is 0.313 e. The number of rotatable bonds is 1. The summed E-state index contributed by atoms with van der Waals surface area (Å²) >= 11 is 0. The van der Waals surface area contributed by atoms with Crippen LogP contribution in [0, 0.1) is 5.92 Å². The number of anilines is 2. The first-order valence-corrected chi connectivity index (χ1v) is 7.00. The highest BCUT2D eigenvalue weighted by atomic mass is 16.2. The summed E-state index contributed by atoms with van der Waals surface area (Å²) in [6, 6.07) is 7.62. The van der Waals surface area contributed by atoms with Crippen molar-refractivity contribution in [3.8, 4) is 0 Å². The minimum atomic E-state index is 0.0292. The molecule has 0 bridgehead atoms. The van der Waals surface area contributed by atoms with E-state index >= 15 is 0 Å². The fourth-order valence-electron chi connectivity index (χ4n) is 2.87. The van der Waals surface area contributed by atoms with E-state index < -0.39 is 0 Å². The highest BCUT2D eigenvalue weighted by molar-refractivity contribution is 6.05. The lowest BCUT2D eigenvalue weighted by molar-refractivity contribution is -0.122. The number of nitrogens with zero attached hydrogens (tertiary/aromatic N) is 2. The summed E-state index contributed by atoms with van der Waals surface area (Å²) in [6.45, 7) is 0.468. The first-order chi connectivity index (χ1) is 9.68. The van der Waals surface area contributed by atoms with E-state index in [1.807, 2.05) is 24.3 Å². The van der Waals surface area contributed by atoms with Gasteiger partial charge in [0.25, 0.3) is 0 Å². The van der Waals surface area contributed by atoms with Gasteiger partial charge in [0.05, 0.1) is 11.4 Å². The highest BCUT2D eigenvalue weighted by Crippen LogP contribution is 2.34. The van der Waals surface area contributed by atoms with Gasteiger partial charge in [0.15, 0.2) is 0 Å². The van der Waals surface area contributed by atoms with Crippen LogP contribution in [0.15, 0.2) is 36.4 Å². The molecule has 0 N–H and O–H groups in total. The molecule has 3 rings (SSSR count). The van der Waals surface area contributed by atoms with Gasteiger partial charge in [-0.05, 0) is 25.0 Å². The second-order valence-electron chi connectivity index (χ2n) is 5.32. The van der Waals surface area contributed by atoms with Crippen molar-refractivity contribution in [3.05, 3.63) is 36.4 Å². The predicted octanol–water partition coefficient (Wildman–Crippen LogP) is 2.35. The van der Waals surface area contributed by atoms with Crippen molar-refractivity contribution in [2.45, 2.75) is 19.3 Å². The molecule has 0 saturated heterocycles. The molecule has 1 aromatic carbocycles. The van der Waals surface area contributed by atoms with Gasteiger partial charge in [0.1, 0.15) is 0 Å². The number of carbonyl (C=O) groups excluding carboxylic acids is 2. The molecule has 0 unspecified atom stereocenters. The molecule has 0 aromatic heterocycles. The molecule has 2 aliphatic rings. The van der Waals surface area contributed by atoms with Crippen LogP contribution in [0.1, 0.15) is 19.3 Å². The number of fused-ring (bicyclic) bond motifs is 1.